The van der Waals surface area contributed by atoms with Crippen molar-refractivity contribution in [3.8, 4) is 9.75 Å². The van der Waals surface area contributed by atoms with Gasteiger partial charge in [0.15, 0.2) is 0 Å². The molecule has 0 saturated carbocycles. The summed E-state index contributed by atoms with van der Waals surface area (Å²) >= 11 is 2.79. The van der Waals surface area contributed by atoms with Crippen LogP contribution >= 0.6 is 22.7 Å². The fourth-order valence-corrected chi connectivity index (χ4v) is 3.47. The van der Waals surface area contributed by atoms with Gasteiger partial charge in [-0.2, -0.15) is 0 Å². The van der Waals surface area contributed by atoms with Crippen LogP contribution in [-0.2, 0) is 9.47 Å². The third-order valence-electron chi connectivity index (χ3n) is 2.35. The molecule has 4 nitrogen and oxygen atoms in total. The Hall–Kier alpha value is -1.66. The monoisotopic (exact) mass is 282 g/mol. The minimum atomic E-state index is -0.407. The lowest BCUT2D eigenvalue weighted by molar-refractivity contribution is 0.0591. The molecule has 0 aliphatic heterocycles. The van der Waals surface area contributed by atoms with E-state index in [1.807, 2.05) is 0 Å². The van der Waals surface area contributed by atoms with Crippen molar-refractivity contribution < 1.29 is 19.1 Å². The fourth-order valence-electron chi connectivity index (χ4n) is 1.51. The maximum Gasteiger partial charge on any atom is 0.339 e. The van der Waals surface area contributed by atoms with Gasteiger partial charge in [0.05, 0.1) is 35.1 Å². The minimum Gasteiger partial charge on any atom is -0.465 e. The highest BCUT2D eigenvalue weighted by molar-refractivity contribution is 7.21. The van der Waals surface area contributed by atoms with Gasteiger partial charge in [-0.1, -0.05) is 0 Å². The average molecular weight is 282 g/mol. The Kier molecular flexibility index (Phi) is 3.78. The second-order valence-corrected chi connectivity index (χ2v) is 5.14. The molecule has 0 atom stereocenters. The van der Waals surface area contributed by atoms with Crippen LogP contribution in [0, 0.1) is 0 Å². The summed E-state index contributed by atoms with van der Waals surface area (Å²) in [6.07, 6.45) is 0. The Balaban J connectivity index is 2.50. The molecule has 0 fully saturated rings. The van der Waals surface area contributed by atoms with Crippen LogP contribution in [0.3, 0.4) is 0 Å². The molecule has 0 bridgehead atoms. The predicted molar refractivity (Wildman–Crippen MR) is 70.3 cm³/mol. The highest BCUT2D eigenvalue weighted by atomic mass is 32.1. The Morgan fingerprint density at radius 1 is 0.889 bits per heavy atom. The maximum atomic E-state index is 11.6. The molecular weight excluding hydrogens is 272 g/mol. The third kappa shape index (κ3) is 2.16. The van der Waals surface area contributed by atoms with E-state index in [4.69, 9.17) is 9.47 Å². The molecule has 0 amide bonds. The summed E-state index contributed by atoms with van der Waals surface area (Å²) in [6.45, 7) is 0. The van der Waals surface area contributed by atoms with E-state index in [1.165, 1.54) is 36.9 Å². The van der Waals surface area contributed by atoms with Gasteiger partial charge in [-0.05, 0) is 22.9 Å². The molecule has 0 radical (unpaired) electrons. The van der Waals surface area contributed by atoms with E-state index in [-0.39, 0.29) is 0 Å². The van der Waals surface area contributed by atoms with Crippen LogP contribution in [-0.4, -0.2) is 26.2 Å². The van der Waals surface area contributed by atoms with Crippen LogP contribution in [0.1, 0.15) is 20.7 Å². The molecule has 94 valence electrons. The molecule has 0 N–H and O–H groups in total. The van der Waals surface area contributed by atoms with Crippen molar-refractivity contribution >= 4 is 34.6 Å². The standard InChI is InChI=1S/C12H10O4S2/c1-15-11(13)7-3-5-17-9(7)10-8(4-6-18-10)12(14)16-2/h3-6H,1-2H3. The van der Waals surface area contributed by atoms with Gasteiger partial charge in [0, 0.05) is 0 Å². The lowest BCUT2D eigenvalue weighted by Gasteiger charge is -2.03. The first-order valence-corrected chi connectivity index (χ1v) is 6.77. The molecule has 0 saturated heterocycles. The lowest BCUT2D eigenvalue weighted by Crippen LogP contribution is -2.03. The summed E-state index contributed by atoms with van der Waals surface area (Å²) in [5.41, 5.74) is 0.935. The van der Waals surface area contributed by atoms with Crippen molar-refractivity contribution in [3.05, 3.63) is 34.0 Å². The Bertz CT molecular complexity index is 530. The van der Waals surface area contributed by atoms with Crippen LogP contribution in [0.2, 0.25) is 0 Å². The summed E-state index contributed by atoms with van der Waals surface area (Å²) in [5.74, 6) is -0.814. The summed E-state index contributed by atoms with van der Waals surface area (Å²) in [7, 11) is 2.67. The molecule has 18 heavy (non-hydrogen) atoms. The van der Waals surface area contributed by atoms with E-state index >= 15 is 0 Å². The number of carbonyl (C=O) groups excluding carboxylic acids is 2. The molecule has 0 unspecified atom stereocenters. The normalized spacial score (nSPS) is 10.1. The number of carbonyl (C=O) groups is 2. The number of hydrogen-bond acceptors (Lipinski definition) is 6. The van der Waals surface area contributed by atoms with Crippen molar-refractivity contribution in [2.24, 2.45) is 0 Å². The summed E-state index contributed by atoms with van der Waals surface area (Å²) < 4.78 is 9.43. The van der Waals surface area contributed by atoms with E-state index in [0.717, 1.165) is 9.75 Å². The van der Waals surface area contributed by atoms with Crippen molar-refractivity contribution in [1.29, 1.82) is 0 Å². The quantitative estimate of drug-likeness (QED) is 0.812. The largest absolute Gasteiger partial charge is 0.465 e. The zero-order chi connectivity index (χ0) is 13.1. The Labute approximate surface area is 112 Å². The first-order chi connectivity index (χ1) is 8.69. The number of esters is 2. The number of hydrogen-bond donors (Lipinski definition) is 0. The average Bonchev–Trinajstić information content (AvgIpc) is 3.04. The van der Waals surface area contributed by atoms with Gasteiger partial charge < -0.3 is 9.47 Å². The van der Waals surface area contributed by atoms with Crippen molar-refractivity contribution in [1.82, 2.24) is 0 Å². The summed E-state index contributed by atoms with van der Waals surface area (Å²) in [6, 6.07) is 3.37. The molecule has 0 aliphatic carbocycles. The van der Waals surface area contributed by atoms with E-state index in [9.17, 15) is 9.59 Å². The Morgan fingerprint density at radius 3 is 1.61 bits per heavy atom. The zero-order valence-corrected chi connectivity index (χ0v) is 11.4. The van der Waals surface area contributed by atoms with Crippen molar-refractivity contribution in [2.75, 3.05) is 14.2 Å². The molecule has 0 aliphatic rings. The number of methoxy groups -OCH3 is 2. The van der Waals surface area contributed by atoms with Gasteiger partial charge >= 0.3 is 11.9 Å². The SMILES string of the molecule is COC(=O)c1ccsc1-c1sccc1C(=O)OC. The topological polar surface area (TPSA) is 52.6 Å². The Morgan fingerprint density at radius 2 is 1.28 bits per heavy atom. The van der Waals surface area contributed by atoms with Gasteiger partial charge in [-0.15, -0.1) is 22.7 Å². The van der Waals surface area contributed by atoms with E-state index < -0.39 is 11.9 Å². The van der Waals surface area contributed by atoms with E-state index in [0.29, 0.717) is 11.1 Å². The molecule has 2 aromatic heterocycles. The molecular formula is C12H10O4S2. The number of thiophene rings is 2. The van der Waals surface area contributed by atoms with Crippen LogP contribution < -0.4 is 0 Å². The van der Waals surface area contributed by atoms with Crippen molar-refractivity contribution in [3.63, 3.8) is 0 Å². The molecule has 6 heteroatoms. The van der Waals surface area contributed by atoms with Crippen molar-refractivity contribution in [2.45, 2.75) is 0 Å². The fraction of sp³-hybridized carbons (Fsp3) is 0.167. The third-order valence-corrected chi connectivity index (χ3v) is 4.34. The highest BCUT2D eigenvalue weighted by Gasteiger charge is 2.21. The highest BCUT2D eigenvalue weighted by Crippen LogP contribution is 2.36. The molecule has 2 heterocycles. The molecule has 2 aromatic rings. The van der Waals surface area contributed by atoms with E-state index in [1.54, 1.807) is 22.9 Å². The van der Waals surface area contributed by atoms with E-state index in [2.05, 4.69) is 0 Å². The molecule has 2 rings (SSSR count). The predicted octanol–water partition coefficient (Wildman–Crippen LogP) is 3.05. The second kappa shape index (κ2) is 5.32. The van der Waals surface area contributed by atoms with Crippen LogP contribution in [0.5, 0.6) is 0 Å². The summed E-state index contributed by atoms with van der Waals surface area (Å²) in [5, 5.41) is 3.59. The van der Waals surface area contributed by atoms with Crippen LogP contribution in [0.15, 0.2) is 22.9 Å². The molecule has 0 spiro atoms. The van der Waals surface area contributed by atoms with Gasteiger partial charge in [0.1, 0.15) is 0 Å². The smallest absolute Gasteiger partial charge is 0.339 e. The van der Waals surface area contributed by atoms with Crippen LogP contribution in [0.25, 0.3) is 9.75 Å². The van der Waals surface area contributed by atoms with Gasteiger partial charge in [0.25, 0.3) is 0 Å². The van der Waals surface area contributed by atoms with Crippen LogP contribution in [0.4, 0.5) is 0 Å². The molecule has 0 aromatic carbocycles. The lowest BCUT2D eigenvalue weighted by atomic mass is 10.1. The minimum absolute atomic E-state index is 0.407. The first kappa shape index (κ1) is 12.8. The maximum absolute atomic E-state index is 11.6. The van der Waals surface area contributed by atoms with Gasteiger partial charge in [-0.25, -0.2) is 9.59 Å². The number of ether oxygens (including phenoxy) is 2. The zero-order valence-electron chi connectivity index (χ0n) is 9.76. The van der Waals surface area contributed by atoms with Gasteiger partial charge in [0.2, 0.25) is 0 Å². The van der Waals surface area contributed by atoms with Gasteiger partial charge in [-0.3, -0.25) is 0 Å². The second-order valence-electron chi connectivity index (χ2n) is 3.31. The summed E-state index contributed by atoms with van der Waals surface area (Å²) in [4.78, 5) is 24.7. The number of rotatable bonds is 3. The first-order valence-electron chi connectivity index (χ1n) is 5.01.